The quantitative estimate of drug-likeness (QED) is 0.371. The Morgan fingerprint density at radius 3 is 2.71 bits per heavy atom. The van der Waals surface area contributed by atoms with Crippen LogP contribution in [0.4, 0.5) is 4.39 Å². The summed E-state index contributed by atoms with van der Waals surface area (Å²) in [6.45, 7) is 2.84. The van der Waals surface area contributed by atoms with E-state index in [4.69, 9.17) is 4.74 Å². The summed E-state index contributed by atoms with van der Waals surface area (Å²) >= 11 is 0. The maximum atomic E-state index is 14.0. The van der Waals surface area contributed by atoms with Crippen molar-refractivity contribution in [3.63, 3.8) is 0 Å². The van der Waals surface area contributed by atoms with E-state index in [2.05, 4.69) is 10.6 Å². The van der Waals surface area contributed by atoms with Crippen LogP contribution in [0.5, 0.6) is 5.75 Å². The molecule has 2 aliphatic rings. The molecule has 0 spiro atoms. The van der Waals surface area contributed by atoms with E-state index in [-0.39, 0.29) is 41.4 Å². The minimum atomic E-state index is -3.24. The third-order valence-electron chi connectivity index (χ3n) is 5.82. The summed E-state index contributed by atoms with van der Waals surface area (Å²) in [6.07, 6.45) is 3.80. The second-order valence-electron chi connectivity index (χ2n) is 8.60. The van der Waals surface area contributed by atoms with E-state index < -0.39 is 21.7 Å². The molecule has 2 amide bonds. The summed E-state index contributed by atoms with van der Waals surface area (Å²) in [7, 11) is -3.24. The zero-order chi connectivity index (χ0) is 22.4. The minimum Gasteiger partial charge on any atom is -0.490 e. The Kier molecular flexibility index (Phi) is 8.05. The summed E-state index contributed by atoms with van der Waals surface area (Å²) in [4.78, 5) is 22.8. The van der Waals surface area contributed by atoms with Crippen LogP contribution in [-0.4, -0.2) is 50.9 Å². The van der Waals surface area contributed by atoms with Gasteiger partial charge in [-0.15, -0.1) is 0 Å². The number of imide groups is 1. The summed E-state index contributed by atoms with van der Waals surface area (Å²) in [5.41, 5.74) is 0.863. The average Bonchev–Trinajstić information content (AvgIpc) is 3.55. The fourth-order valence-corrected chi connectivity index (χ4v) is 5.01. The molecule has 1 saturated heterocycles. The fraction of sp³-hybridized carbons (Fsp3) is 0.636. The molecule has 7 nitrogen and oxygen atoms in total. The van der Waals surface area contributed by atoms with Crippen molar-refractivity contribution in [2.75, 3.05) is 24.7 Å². The molecule has 1 unspecified atom stereocenters. The van der Waals surface area contributed by atoms with Crippen LogP contribution >= 0.6 is 0 Å². The lowest BCUT2D eigenvalue weighted by molar-refractivity contribution is -0.134. The zero-order valence-corrected chi connectivity index (χ0v) is 18.7. The summed E-state index contributed by atoms with van der Waals surface area (Å²) < 4.78 is 44.3. The highest BCUT2D eigenvalue weighted by Gasteiger charge is 2.26. The third kappa shape index (κ3) is 7.57. The molecule has 1 aliphatic carbocycles. The predicted molar refractivity (Wildman–Crippen MR) is 115 cm³/mol. The van der Waals surface area contributed by atoms with Crippen molar-refractivity contribution in [3.8, 4) is 5.75 Å². The van der Waals surface area contributed by atoms with Gasteiger partial charge in [-0.3, -0.25) is 14.9 Å². The molecule has 0 aromatic heterocycles. The lowest BCUT2D eigenvalue weighted by atomic mass is 9.98. The van der Waals surface area contributed by atoms with E-state index in [1.165, 1.54) is 6.07 Å². The van der Waals surface area contributed by atoms with Crippen molar-refractivity contribution >= 4 is 21.7 Å². The molecule has 9 heteroatoms. The molecule has 2 fully saturated rings. The topological polar surface area (TPSA) is 102 Å². The van der Waals surface area contributed by atoms with Crippen molar-refractivity contribution in [1.82, 2.24) is 10.6 Å². The Morgan fingerprint density at radius 2 is 2.00 bits per heavy atom. The molecule has 2 atom stereocenters. The molecular weight excluding hydrogens is 423 g/mol. The average molecular weight is 455 g/mol. The van der Waals surface area contributed by atoms with Crippen molar-refractivity contribution in [1.29, 1.82) is 0 Å². The standard InChI is InChI=1S/C22H31FN2O5S/c1-15(17-5-6-18(23)20(13-17)30-14-16-3-4-16)9-12-31(28,29)11-2-10-24-19-7-8-21(26)25-22(19)27/h5-6,13,15-16,19,24H,2-4,7-12,14H2,1H3,(H,25,26,27)/t15-,19?/m0/s1. The maximum Gasteiger partial charge on any atom is 0.243 e. The van der Waals surface area contributed by atoms with Crippen LogP contribution in [0.25, 0.3) is 0 Å². The predicted octanol–water partition coefficient (Wildman–Crippen LogP) is 2.31. The number of sulfone groups is 1. The highest BCUT2D eigenvalue weighted by Crippen LogP contribution is 2.31. The van der Waals surface area contributed by atoms with Crippen LogP contribution < -0.4 is 15.4 Å². The monoisotopic (exact) mass is 454 g/mol. The van der Waals surface area contributed by atoms with Crippen molar-refractivity contribution in [2.24, 2.45) is 5.92 Å². The molecule has 1 saturated carbocycles. The van der Waals surface area contributed by atoms with Gasteiger partial charge in [-0.25, -0.2) is 12.8 Å². The molecule has 3 rings (SSSR count). The van der Waals surface area contributed by atoms with Crippen LogP contribution in [0, 0.1) is 11.7 Å². The number of halogens is 1. The van der Waals surface area contributed by atoms with E-state index in [1.54, 1.807) is 12.1 Å². The number of rotatable bonds is 12. The van der Waals surface area contributed by atoms with Crippen LogP contribution in [0.15, 0.2) is 18.2 Å². The van der Waals surface area contributed by atoms with E-state index in [0.29, 0.717) is 38.3 Å². The van der Waals surface area contributed by atoms with Gasteiger partial charge in [0, 0.05) is 6.42 Å². The van der Waals surface area contributed by atoms with Crippen molar-refractivity contribution in [3.05, 3.63) is 29.6 Å². The number of hydrogen-bond acceptors (Lipinski definition) is 6. The highest BCUT2D eigenvalue weighted by atomic mass is 32.2. The van der Waals surface area contributed by atoms with Gasteiger partial charge in [0.2, 0.25) is 11.8 Å². The molecule has 2 N–H and O–H groups in total. The molecule has 1 aromatic carbocycles. The lowest BCUT2D eigenvalue weighted by Gasteiger charge is -2.21. The maximum absolute atomic E-state index is 14.0. The van der Waals surface area contributed by atoms with Crippen LogP contribution in [0.1, 0.15) is 56.9 Å². The van der Waals surface area contributed by atoms with Crippen LogP contribution in [-0.2, 0) is 19.4 Å². The third-order valence-corrected chi connectivity index (χ3v) is 7.59. The smallest absolute Gasteiger partial charge is 0.243 e. The number of amides is 2. The number of hydrogen-bond donors (Lipinski definition) is 2. The number of carbonyl (C=O) groups excluding carboxylic acids is 2. The SMILES string of the molecule is C[C@@H](CCS(=O)(=O)CCCNC1CCC(=O)NC1=O)c1ccc(F)c(OCC2CC2)c1. The van der Waals surface area contributed by atoms with E-state index in [0.717, 1.165) is 18.4 Å². The summed E-state index contributed by atoms with van der Waals surface area (Å²) in [5, 5.41) is 5.28. The Bertz CT molecular complexity index is 901. The van der Waals surface area contributed by atoms with Gasteiger partial charge >= 0.3 is 0 Å². The first-order valence-electron chi connectivity index (χ1n) is 10.9. The van der Waals surface area contributed by atoms with E-state index in [1.807, 2.05) is 6.92 Å². The molecule has 0 bridgehead atoms. The Morgan fingerprint density at radius 1 is 1.23 bits per heavy atom. The Labute approximate surface area is 183 Å². The van der Waals surface area contributed by atoms with Gasteiger partial charge in [0.25, 0.3) is 0 Å². The second kappa shape index (κ2) is 10.5. The number of piperidine rings is 1. The minimum absolute atomic E-state index is 0.0269. The lowest BCUT2D eigenvalue weighted by Crippen LogP contribution is -2.50. The number of ether oxygens (including phenoxy) is 1. The normalized spacial score (nSPS) is 20.4. The number of nitrogens with one attached hydrogen (secondary N) is 2. The summed E-state index contributed by atoms with van der Waals surface area (Å²) in [6, 6.07) is 4.29. The van der Waals surface area contributed by atoms with Gasteiger partial charge < -0.3 is 10.1 Å². The van der Waals surface area contributed by atoms with Crippen LogP contribution in [0.2, 0.25) is 0 Å². The molecule has 31 heavy (non-hydrogen) atoms. The second-order valence-corrected chi connectivity index (χ2v) is 10.9. The number of carbonyl (C=O) groups is 2. The van der Waals surface area contributed by atoms with Gasteiger partial charge in [-0.1, -0.05) is 13.0 Å². The first kappa shape index (κ1) is 23.7. The first-order chi connectivity index (χ1) is 14.7. The van der Waals surface area contributed by atoms with Gasteiger partial charge in [0.15, 0.2) is 11.6 Å². The van der Waals surface area contributed by atoms with Crippen molar-refractivity contribution < 1.29 is 27.1 Å². The van der Waals surface area contributed by atoms with Crippen molar-refractivity contribution in [2.45, 2.75) is 57.4 Å². The zero-order valence-electron chi connectivity index (χ0n) is 17.9. The fourth-order valence-electron chi connectivity index (χ4n) is 3.51. The molecule has 1 aliphatic heterocycles. The van der Waals surface area contributed by atoms with Crippen LogP contribution in [0.3, 0.4) is 0 Å². The summed E-state index contributed by atoms with van der Waals surface area (Å²) in [5.74, 6) is -0.238. The van der Waals surface area contributed by atoms with Gasteiger partial charge in [0.05, 0.1) is 24.2 Å². The molecule has 1 heterocycles. The molecule has 0 radical (unpaired) electrons. The first-order valence-corrected chi connectivity index (χ1v) is 12.8. The van der Waals surface area contributed by atoms with E-state index >= 15 is 0 Å². The van der Waals surface area contributed by atoms with Gasteiger partial charge in [0.1, 0.15) is 9.84 Å². The molecular formula is C22H31FN2O5S. The molecule has 1 aromatic rings. The van der Waals surface area contributed by atoms with E-state index in [9.17, 15) is 22.4 Å². The van der Waals surface area contributed by atoms with Gasteiger partial charge in [-0.2, -0.15) is 0 Å². The Balaban J connectivity index is 1.40. The highest BCUT2D eigenvalue weighted by molar-refractivity contribution is 7.91. The van der Waals surface area contributed by atoms with Gasteiger partial charge in [-0.05, 0) is 68.2 Å². The number of benzene rings is 1. The molecule has 172 valence electrons. The largest absolute Gasteiger partial charge is 0.490 e. The Hall–Kier alpha value is -2.00.